The van der Waals surface area contributed by atoms with Crippen molar-refractivity contribution in [2.45, 2.75) is 6.92 Å². The molecule has 2 N–H and O–H groups in total. The highest BCUT2D eigenvalue weighted by Crippen LogP contribution is 2.32. The smallest absolute Gasteiger partial charge is 0.175 e. The highest BCUT2D eigenvalue weighted by atomic mass is 35.5. The van der Waals surface area contributed by atoms with E-state index in [1.807, 2.05) is 0 Å². The summed E-state index contributed by atoms with van der Waals surface area (Å²) in [5.41, 5.74) is 1.83. The zero-order valence-electron chi connectivity index (χ0n) is 11.4. The van der Waals surface area contributed by atoms with Crippen LogP contribution in [0.15, 0.2) is 36.4 Å². The van der Waals surface area contributed by atoms with Crippen molar-refractivity contribution in [2.75, 3.05) is 10.6 Å². The Hall–Kier alpha value is -1.33. The molecule has 22 heavy (non-hydrogen) atoms. The van der Waals surface area contributed by atoms with E-state index in [1.165, 1.54) is 13.0 Å². The Morgan fingerprint density at radius 1 is 1.00 bits per heavy atom. The number of anilines is 2. The Morgan fingerprint density at radius 2 is 1.68 bits per heavy atom. The molecule has 0 saturated carbocycles. The molecule has 0 heterocycles. The van der Waals surface area contributed by atoms with Crippen LogP contribution in [0.25, 0.3) is 0 Å². The van der Waals surface area contributed by atoms with Crippen molar-refractivity contribution in [3.8, 4) is 0 Å². The van der Waals surface area contributed by atoms with Gasteiger partial charge in [0.2, 0.25) is 0 Å². The van der Waals surface area contributed by atoms with Gasteiger partial charge in [-0.3, -0.25) is 4.79 Å². The first-order chi connectivity index (χ1) is 10.4. The summed E-state index contributed by atoms with van der Waals surface area (Å²) in [6.07, 6.45) is 0. The molecule has 0 radical (unpaired) electrons. The van der Waals surface area contributed by atoms with Crippen molar-refractivity contribution >= 4 is 69.3 Å². The van der Waals surface area contributed by atoms with E-state index in [9.17, 15) is 4.79 Å². The summed E-state index contributed by atoms with van der Waals surface area (Å²) in [7, 11) is 0. The fourth-order valence-corrected chi connectivity index (χ4v) is 2.54. The minimum absolute atomic E-state index is 0.0185. The number of ketones is 1. The van der Waals surface area contributed by atoms with E-state index in [4.69, 9.17) is 47.0 Å². The van der Waals surface area contributed by atoms with E-state index in [0.29, 0.717) is 37.1 Å². The Labute approximate surface area is 148 Å². The lowest BCUT2D eigenvalue weighted by Crippen LogP contribution is -2.19. The number of hydrogen-bond acceptors (Lipinski definition) is 2. The van der Waals surface area contributed by atoms with Crippen LogP contribution in [0.1, 0.15) is 17.3 Å². The summed E-state index contributed by atoms with van der Waals surface area (Å²) in [6.45, 7) is 1.51. The van der Waals surface area contributed by atoms with Crippen molar-refractivity contribution in [2.24, 2.45) is 0 Å². The molecule has 2 aromatic carbocycles. The van der Waals surface area contributed by atoms with Crippen LogP contribution in [0.5, 0.6) is 0 Å². The maximum absolute atomic E-state index is 11.4. The van der Waals surface area contributed by atoms with Crippen molar-refractivity contribution in [1.29, 1.82) is 0 Å². The molecule has 3 nitrogen and oxygen atoms in total. The largest absolute Gasteiger partial charge is 0.332 e. The first kappa shape index (κ1) is 17.0. The lowest BCUT2D eigenvalue weighted by atomic mass is 10.1. The predicted octanol–water partition coefficient (Wildman–Crippen LogP) is 5.66. The molecule has 0 spiro atoms. The molecule has 0 unspecified atom stereocenters. The van der Waals surface area contributed by atoms with E-state index in [0.717, 1.165) is 0 Å². The average molecular weight is 374 g/mol. The monoisotopic (exact) mass is 372 g/mol. The zero-order chi connectivity index (χ0) is 16.3. The molecule has 0 aliphatic rings. The second-order valence-corrected chi connectivity index (χ2v) is 6.09. The van der Waals surface area contributed by atoms with Crippen molar-refractivity contribution in [1.82, 2.24) is 0 Å². The zero-order valence-corrected chi connectivity index (χ0v) is 14.5. The van der Waals surface area contributed by atoms with Gasteiger partial charge in [0.05, 0.1) is 20.8 Å². The van der Waals surface area contributed by atoms with Crippen LogP contribution in [0.3, 0.4) is 0 Å². The number of Topliss-reactive ketones (excluding diaryl/α,β-unsaturated/α-hetero) is 1. The van der Waals surface area contributed by atoms with Gasteiger partial charge in [-0.2, -0.15) is 0 Å². The number of hydrogen-bond donors (Lipinski definition) is 2. The van der Waals surface area contributed by atoms with Gasteiger partial charge in [0.25, 0.3) is 0 Å². The van der Waals surface area contributed by atoms with Crippen LogP contribution in [-0.4, -0.2) is 10.9 Å². The second kappa shape index (κ2) is 7.29. The molecule has 0 saturated heterocycles. The van der Waals surface area contributed by atoms with E-state index in [2.05, 4.69) is 10.6 Å². The molecule has 0 bridgehead atoms. The SMILES string of the molecule is CC(=O)c1cccc(NC(=S)Nc2cc(Cl)c(Cl)cc2Cl)c1. The van der Waals surface area contributed by atoms with E-state index in [1.54, 1.807) is 30.3 Å². The van der Waals surface area contributed by atoms with Gasteiger partial charge >= 0.3 is 0 Å². The highest BCUT2D eigenvalue weighted by Gasteiger charge is 2.08. The van der Waals surface area contributed by atoms with Gasteiger partial charge < -0.3 is 10.6 Å². The van der Waals surface area contributed by atoms with E-state index >= 15 is 0 Å². The summed E-state index contributed by atoms with van der Waals surface area (Å²) >= 11 is 23.1. The number of nitrogens with one attached hydrogen (secondary N) is 2. The van der Waals surface area contributed by atoms with Crippen molar-refractivity contribution in [3.05, 3.63) is 57.0 Å². The molecule has 114 valence electrons. The number of benzene rings is 2. The maximum atomic E-state index is 11.4. The minimum Gasteiger partial charge on any atom is -0.332 e. The molecular weight excluding hydrogens is 363 g/mol. The van der Waals surface area contributed by atoms with Gasteiger partial charge in [-0.1, -0.05) is 46.9 Å². The summed E-state index contributed by atoms with van der Waals surface area (Å²) in [6, 6.07) is 10.1. The Balaban J connectivity index is 2.12. The van der Waals surface area contributed by atoms with Crippen LogP contribution in [0, 0.1) is 0 Å². The molecule has 2 aromatic rings. The first-order valence-electron chi connectivity index (χ1n) is 6.20. The highest BCUT2D eigenvalue weighted by molar-refractivity contribution is 7.80. The van der Waals surface area contributed by atoms with Gasteiger partial charge in [-0.15, -0.1) is 0 Å². The summed E-state index contributed by atoms with van der Waals surface area (Å²) < 4.78 is 0. The number of halogens is 3. The lowest BCUT2D eigenvalue weighted by Gasteiger charge is -2.13. The van der Waals surface area contributed by atoms with Gasteiger partial charge in [-0.25, -0.2) is 0 Å². The van der Waals surface area contributed by atoms with Crippen LogP contribution < -0.4 is 10.6 Å². The standard InChI is InChI=1S/C15H11Cl3N2OS/c1-8(21)9-3-2-4-10(5-9)19-15(22)20-14-7-12(17)11(16)6-13(14)18/h2-7H,1H3,(H2,19,20,22). The number of carbonyl (C=O) groups is 1. The topological polar surface area (TPSA) is 41.1 Å². The molecule has 0 amide bonds. The molecule has 0 fully saturated rings. The Morgan fingerprint density at radius 3 is 2.36 bits per heavy atom. The molecule has 0 aromatic heterocycles. The number of thiocarbonyl (C=S) groups is 1. The van der Waals surface area contributed by atoms with Gasteiger partial charge in [0.15, 0.2) is 10.9 Å². The fraction of sp³-hybridized carbons (Fsp3) is 0.0667. The first-order valence-corrected chi connectivity index (χ1v) is 7.74. The van der Waals surface area contributed by atoms with Crippen LogP contribution in [0.2, 0.25) is 15.1 Å². The second-order valence-electron chi connectivity index (χ2n) is 4.46. The number of carbonyl (C=O) groups excluding carboxylic acids is 1. The summed E-state index contributed by atoms with van der Waals surface area (Å²) in [4.78, 5) is 11.4. The third kappa shape index (κ3) is 4.34. The lowest BCUT2D eigenvalue weighted by molar-refractivity contribution is 0.101. The Kier molecular flexibility index (Phi) is 5.64. The molecular formula is C15H11Cl3N2OS. The van der Waals surface area contributed by atoms with Crippen molar-refractivity contribution < 1.29 is 4.79 Å². The molecule has 7 heteroatoms. The molecule has 0 atom stereocenters. The number of rotatable bonds is 3. The quantitative estimate of drug-likeness (QED) is 0.414. The minimum atomic E-state index is -0.0185. The van der Waals surface area contributed by atoms with Crippen LogP contribution >= 0.6 is 47.0 Å². The van der Waals surface area contributed by atoms with Gasteiger partial charge in [0.1, 0.15) is 0 Å². The third-order valence-corrected chi connectivity index (χ3v) is 4.02. The molecule has 0 aliphatic heterocycles. The van der Waals surface area contributed by atoms with Crippen LogP contribution in [0.4, 0.5) is 11.4 Å². The van der Waals surface area contributed by atoms with Gasteiger partial charge in [-0.05, 0) is 43.4 Å². The Bertz CT molecular complexity index is 750. The molecule has 0 aliphatic carbocycles. The third-order valence-electron chi connectivity index (χ3n) is 2.79. The predicted molar refractivity (Wildman–Crippen MR) is 97.8 cm³/mol. The van der Waals surface area contributed by atoms with Gasteiger partial charge in [0, 0.05) is 11.3 Å². The summed E-state index contributed by atoms with van der Waals surface area (Å²) in [5, 5.41) is 7.37. The van der Waals surface area contributed by atoms with Crippen LogP contribution in [-0.2, 0) is 0 Å². The average Bonchev–Trinajstić information content (AvgIpc) is 2.45. The van der Waals surface area contributed by atoms with E-state index < -0.39 is 0 Å². The normalized spacial score (nSPS) is 10.2. The maximum Gasteiger partial charge on any atom is 0.175 e. The summed E-state index contributed by atoms with van der Waals surface area (Å²) in [5.74, 6) is -0.0185. The van der Waals surface area contributed by atoms with Crippen molar-refractivity contribution in [3.63, 3.8) is 0 Å². The van der Waals surface area contributed by atoms with E-state index in [-0.39, 0.29) is 5.78 Å². The fourth-order valence-electron chi connectivity index (χ4n) is 1.72. The molecule has 2 rings (SSSR count).